The zero-order chi connectivity index (χ0) is 19.1. The summed E-state index contributed by atoms with van der Waals surface area (Å²) in [5, 5.41) is 18.2. The van der Waals surface area contributed by atoms with Crippen LogP contribution in [0.25, 0.3) is 0 Å². The normalized spacial score (nSPS) is 10.4. The lowest BCUT2D eigenvalue weighted by molar-refractivity contribution is -0.136. The lowest BCUT2D eigenvalue weighted by Crippen LogP contribution is -2.36. The summed E-state index contributed by atoms with van der Waals surface area (Å²) in [7, 11) is 0. The fourth-order valence-electron chi connectivity index (χ4n) is 2.61. The molecular formula is C20H21ClN2O3. The number of benzene rings is 2. The van der Waals surface area contributed by atoms with Crippen LogP contribution in [0, 0.1) is 5.41 Å². The third-order valence-electron chi connectivity index (χ3n) is 3.92. The van der Waals surface area contributed by atoms with Crippen molar-refractivity contribution in [1.82, 2.24) is 0 Å². The quantitative estimate of drug-likeness (QED) is 0.675. The Kier molecular flexibility index (Phi) is 6.92. The molecule has 0 aliphatic rings. The summed E-state index contributed by atoms with van der Waals surface area (Å²) in [6, 6.07) is 13.8. The van der Waals surface area contributed by atoms with Crippen LogP contribution in [0.1, 0.15) is 37.3 Å². The van der Waals surface area contributed by atoms with E-state index in [2.05, 4.69) is 0 Å². The molecule has 0 aliphatic heterocycles. The molecule has 2 N–H and O–H groups in total. The number of carbonyl (C=O) groups is 2. The Hall–Kier alpha value is -2.66. The Labute approximate surface area is 157 Å². The Balaban J connectivity index is 2.49. The van der Waals surface area contributed by atoms with Crippen molar-refractivity contribution in [3.05, 3.63) is 64.7 Å². The summed E-state index contributed by atoms with van der Waals surface area (Å²) in [6.07, 6.45) is 1.76. The minimum absolute atomic E-state index is 0.182. The number of rotatable bonds is 8. The van der Waals surface area contributed by atoms with Crippen molar-refractivity contribution in [2.75, 3.05) is 11.4 Å². The van der Waals surface area contributed by atoms with E-state index in [9.17, 15) is 14.7 Å². The molecule has 2 rings (SSSR count). The Morgan fingerprint density at radius 1 is 1.15 bits per heavy atom. The fraction of sp³-hybridized carbons (Fsp3) is 0.250. The molecule has 0 atom stereocenters. The lowest BCUT2D eigenvalue weighted by Gasteiger charge is -2.24. The van der Waals surface area contributed by atoms with Gasteiger partial charge in [-0.05, 0) is 24.6 Å². The smallest absolute Gasteiger partial charge is 0.323 e. The van der Waals surface area contributed by atoms with Gasteiger partial charge in [-0.15, -0.1) is 0 Å². The van der Waals surface area contributed by atoms with Gasteiger partial charge in [0.15, 0.2) is 0 Å². The van der Waals surface area contributed by atoms with Gasteiger partial charge in [0.2, 0.25) is 5.91 Å². The second-order valence-electron chi connectivity index (χ2n) is 5.88. The lowest BCUT2D eigenvalue weighted by atomic mass is 10.00. The zero-order valence-electron chi connectivity index (χ0n) is 14.5. The molecule has 1 amide bonds. The molecular weight excluding hydrogens is 352 g/mol. The number of anilines is 1. The van der Waals surface area contributed by atoms with Gasteiger partial charge in [-0.3, -0.25) is 15.0 Å². The summed E-state index contributed by atoms with van der Waals surface area (Å²) in [4.78, 5) is 25.1. The molecule has 0 fully saturated rings. The van der Waals surface area contributed by atoms with E-state index < -0.39 is 12.5 Å². The maximum Gasteiger partial charge on any atom is 0.323 e. The summed E-state index contributed by atoms with van der Waals surface area (Å²) in [6.45, 7) is 1.51. The van der Waals surface area contributed by atoms with Crippen molar-refractivity contribution in [3.63, 3.8) is 0 Å². The average molecular weight is 373 g/mol. The first kappa shape index (κ1) is 19.7. The number of unbranched alkanes of at least 4 members (excludes halogenated alkanes) is 1. The first-order valence-electron chi connectivity index (χ1n) is 8.40. The van der Waals surface area contributed by atoms with Crippen LogP contribution in [0.3, 0.4) is 0 Å². The van der Waals surface area contributed by atoms with Crippen molar-refractivity contribution in [1.29, 1.82) is 5.41 Å². The molecule has 0 bridgehead atoms. The third-order valence-corrected chi connectivity index (χ3v) is 4.15. The molecule has 0 unspecified atom stereocenters. The van der Waals surface area contributed by atoms with Crippen LogP contribution >= 0.6 is 11.6 Å². The standard InChI is InChI=1S/C20H21ClN2O3/c1-2-3-9-18(24)23(13-19(25)26)17-11-10-15(21)12-16(17)20(22)14-7-5-4-6-8-14/h4-8,10-12,22H,2-3,9,13H2,1H3,(H,25,26). The number of carboxylic acid groups (broad SMARTS) is 1. The largest absolute Gasteiger partial charge is 0.480 e. The monoisotopic (exact) mass is 372 g/mol. The average Bonchev–Trinajstić information content (AvgIpc) is 2.64. The van der Waals surface area contributed by atoms with Crippen LogP contribution in [-0.2, 0) is 9.59 Å². The van der Waals surface area contributed by atoms with Gasteiger partial charge in [-0.1, -0.05) is 55.3 Å². The minimum Gasteiger partial charge on any atom is -0.480 e. The van der Waals surface area contributed by atoms with Crippen molar-refractivity contribution in [2.24, 2.45) is 0 Å². The highest BCUT2D eigenvalue weighted by molar-refractivity contribution is 6.31. The highest BCUT2D eigenvalue weighted by Crippen LogP contribution is 2.27. The Bertz CT molecular complexity index is 806. The van der Waals surface area contributed by atoms with Crippen molar-refractivity contribution in [2.45, 2.75) is 26.2 Å². The van der Waals surface area contributed by atoms with Crippen LogP contribution in [-0.4, -0.2) is 29.2 Å². The molecule has 6 heteroatoms. The van der Waals surface area contributed by atoms with Gasteiger partial charge >= 0.3 is 5.97 Å². The van der Waals surface area contributed by atoms with Crippen molar-refractivity contribution < 1.29 is 14.7 Å². The second kappa shape index (κ2) is 9.15. The number of aliphatic carboxylic acids is 1. The zero-order valence-corrected chi connectivity index (χ0v) is 15.3. The number of amides is 1. The van der Waals surface area contributed by atoms with E-state index in [4.69, 9.17) is 17.0 Å². The Morgan fingerprint density at radius 2 is 1.85 bits per heavy atom. The van der Waals surface area contributed by atoms with E-state index in [1.165, 1.54) is 4.90 Å². The van der Waals surface area contributed by atoms with E-state index >= 15 is 0 Å². The summed E-state index contributed by atoms with van der Waals surface area (Å²) in [5.41, 5.74) is 1.65. The number of carboxylic acids is 1. The van der Waals surface area contributed by atoms with Gasteiger partial charge in [0, 0.05) is 22.6 Å². The molecule has 0 spiro atoms. The van der Waals surface area contributed by atoms with Gasteiger partial charge < -0.3 is 10.0 Å². The molecule has 0 saturated heterocycles. The fourth-order valence-corrected chi connectivity index (χ4v) is 2.78. The molecule has 2 aromatic carbocycles. The predicted octanol–water partition coefficient (Wildman–Crippen LogP) is 4.36. The molecule has 136 valence electrons. The van der Waals surface area contributed by atoms with E-state index in [0.717, 1.165) is 6.42 Å². The number of carbonyl (C=O) groups excluding carboxylic acids is 1. The van der Waals surface area contributed by atoms with Crippen LogP contribution < -0.4 is 4.90 Å². The molecule has 5 nitrogen and oxygen atoms in total. The second-order valence-corrected chi connectivity index (χ2v) is 6.32. The summed E-state index contributed by atoms with van der Waals surface area (Å²) in [5.74, 6) is -1.39. The number of halogens is 1. The van der Waals surface area contributed by atoms with Gasteiger partial charge in [-0.25, -0.2) is 0 Å². The third kappa shape index (κ3) is 4.92. The SMILES string of the molecule is CCCCC(=O)N(CC(=O)O)c1ccc(Cl)cc1C(=N)c1ccccc1. The maximum absolute atomic E-state index is 12.6. The van der Waals surface area contributed by atoms with E-state index in [-0.39, 0.29) is 18.0 Å². The number of hydrogen-bond donors (Lipinski definition) is 2. The van der Waals surface area contributed by atoms with Gasteiger partial charge in [0.1, 0.15) is 6.54 Å². The van der Waals surface area contributed by atoms with E-state index in [1.807, 2.05) is 25.1 Å². The molecule has 0 aliphatic carbocycles. The van der Waals surface area contributed by atoms with Crippen molar-refractivity contribution in [3.8, 4) is 0 Å². The van der Waals surface area contributed by atoms with Crippen LogP contribution in [0.4, 0.5) is 5.69 Å². The summed E-state index contributed by atoms with van der Waals surface area (Å²) < 4.78 is 0. The number of hydrogen-bond acceptors (Lipinski definition) is 3. The van der Waals surface area contributed by atoms with E-state index in [0.29, 0.717) is 28.3 Å². The number of nitrogens with zero attached hydrogens (tertiary/aromatic N) is 1. The summed E-state index contributed by atoms with van der Waals surface area (Å²) >= 11 is 6.11. The molecule has 26 heavy (non-hydrogen) atoms. The molecule has 0 heterocycles. The highest BCUT2D eigenvalue weighted by Gasteiger charge is 2.23. The maximum atomic E-state index is 12.6. The van der Waals surface area contributed by atoms with Crippen molar-refractivity contribution >= 4 is 34.9 Å². The molecule has 0 radical (unpaired) electrons. The van der Waals surface area contributed by atoms with E-state index in [1.54, 1.807) is 30.3 Å². The minimum atomic E-state index is -1.11. The van der Waals surface area contributed by atoms with Gasteiger partial charge in [-0.2, -0.15) is 0 Å². The van der Waals surface area contributed by atoms with Crippen LogP contribution in [0.5, 0.6) is 0 Å². The Morgan fingerprint density at radius 3 is 2.46 bits per heavy atom. The van der Waals surface area contributed by atoms with Crippen LogP contribution in [0.15, 0.2) is 48.5 Å². The topological polar surface area (TPSA) is 81.5 Å². The predicted molar refractivity (Wildman–Crippen MR) is 103 cm³/mol. The first-order valence-corrected chi connectivity index (χ1v) is 8.78. The highest BCUT2D eigenvalue weighted by atomic mass is 35.5. The van der Waals surface area contributed by atoms with Gasteiger partial charge in [0.05, 0.1) is 11.4 Å². The number of nitrogens with one attached hydrogen (secondary N) is 1. The first-order chi connectivity index (χ1) is 12.4. The molecule has 0 aromatic heterocycles. The molecule has 0 saturated carbocycles. The van der Waals surface area contributed by atoms with Crippen LogP contribution in [0.2, 0.25) is 5.02 Å². The van der Waals surface area contributed by atoms with Gasteiger partial charge in [0.25, 0.3) is 0 Å². The molecule has 2 aromatic rings.